The van der Waals surface area contributed by atoms with Gasteiger partial charge < -0.3 is 21.1 Å². The fourth-order valence-corrected chi connectivity index (χ4v) is 4.80. The predicted molar refractivity (Wildman–Crippen MR) is 117 cm³/mol. The lowest BCUT2D eigenvalue weighted by molar-refractivity contribution is 0.228. The minimum Gasteiger partial charge on any atom is -0.396 e. The van der Waals surface area contributed by atoms with E-state index in [1.54, 1.807) is 36.1 Å². The van der Waals surface area contributed by atoms with Gasteiger partial charge in [-0.1, -0.05) is 0 Å². The zero-order chi connectivity index (χ0) is 20.3. The van der Waals surface area contributed by atoms with E-state index in [1.807, 2.05) is 6.07 Å². The first-order chi connectivity index (χ1) is 14.8. The fourth-order valence-electron chi connectivity index (χ4n) is 3.82. The van der Waals surface area contributed by atoms with E-state index < -0.39 is 0 Å². The summed E-state index contributed by atoms with van der Waals surface area (Å²) in [6, 6.07) is 2.28. The van der Waals surface area contributed by atoms with E-state index in [-0.39, 0.29) is 6.61 Å². The maximum atomic E-state index is 9.50. The summed E-state index contributed by atoms with van der Waals surface area (Å²) in [5, 5.41) is 20.7. The number of aromatic nitrogens is 4. The molecular formula is C20H22N8OS. The van der Waals surface area contributed by atoms with Gasteiger partial charge in [0.25, 0.3) is 0 Å². The second-order valence-corrected chi connectivity index (χ2v) is 8.49. The average molecular weight is 423 g/mol. The van der Waals surface area contributed by atoms with Gasteiger partial charge in [-0.15, -0.1) is 11.3 Å². The molecule has 5 rings (SSSR count). The number of aliphatic hydroxyl groups is 1. The van der Waals surface area contributed by atoms with Gasteiger partial charge >= 0.3 is 0 Å². The summed E-state index contributed by atoms with van der Waals surface area (Å²) in [4.78, 5) is 21.7. The molecule has 3 aromatic heterocycles. The van der Waals surface area contributed by atoms with Crippen molar-refractivity contribution in [3.63, 3.8) is 0 Å². The molecule has 4 N–H and O–H groups in total. The van der Waals surface area contributed by atoms with Gasteiger partial charge in [0.1, 0.15) is 22.7 Å². The van der Waals surface area contributed by atoms with Crippen molar-refractivity contribution in [2.45, 2.75) is 25.3 Å². The molecule has 1 aliphatic carbocycles. The Kier molecular flexibility index (Phi) is 5.24. The first-order valence-electron chi connectivity index (χ1n) is 9.93. The highest BCUT2D eigenvalue weighted by Crippen LogP contribution is 2.31. The Morgan fingerprint density at radius 2 is 2.07 bits per heavy atom. The normalized spacial score (nSPS) is 21.4. The zero-order valence-corrected chi connectivity index (χ0v) is 17.1. The maximum Gasteiger partial charge on any atom is 0.201 e. The van der Waals surface area contributed by atoms with Crippen molar-refractivity contribution in [1.29, 1.82) is 0 Å². The van der Waals surface area contributed by atoms with Crippen molar-refractivity contribution in [1.82, 2.24) is 30.6 Å². The molecule has 1 saturated carbocycles. The van der Waals surface area contributed by atoms with E-state index in [0.717, 1.165) is 51.6 Å². The molecule has 0 amide bonds. The highest BCUT2D eigenvalue weighted by atomic mass is 32.1. The monoisotopic (exact) mass is 422 g/mol. The van der Waals surface area contributed by atoms with Gasteiger partial charge in [0.2, 0.25) is 5.96 Å². The summed E-state index contributed by atoms with van der Waals surface area (Å²) < 4.78 is 1.10. The smallest absolute Gasteiger partial charge is 0.201 e. The number of guanidine groups is 1. The van der Waals surface area contributed by atoms with Crippen LogP contribution in [-0.2, 0) is 0 Å². The Balaban J connectivity index is 1.42. The molecule has 10 heteroatoms. The number of pyridine rings is 1. The van der Waals surface area contributed by atoms with Crippen molar-refractivity contribution in [3.8, 4) is 0 Å². The minimum atomic E-state index is 0.241. The third-order valence-corrected chi connectivity index (χ3v) is 6.46. The summed E-state index contributed by atoms with van der Waals surface area (Å²) in [6.45, 7) is 0.736. The first-order valence-corrected chi connectivity index (χ1v) is 10.7. The summed E-state index contributed by atoms with van der Waals surface area (Å²) in [6.07, 6.45) is 11.5. The van der Waals surface area contributed by atoms with Crippen LogP contribution in [0.2, 0.25) is 0 Å². The Morgan fingerprint density at radius 1 is 1.17 bits per heavy atom. The van der Waals surface area contributed by atoms with Crippen molar-refractivity contribution in [3.05, 3.63) is 48.0 Å². The first kappa shape index (κ1) is 18.9. The maximum absolute atomic E-state index is 9.50. The molecule has 0 spiro atoms. The second-order valence-electron chi connectivity index (χ2n) is 7.46. The molecule has 2 aliphatic rings. The molecule has 1 aliphatic heterocycles. The molecule has 30 heavy (non-hydrogen) atoms. The molecule has 154 valence electrons. The van der Waals surface area contributed by atoms with Crippen molar-refractivity contribution < 1.29 is 5.11 Å². The lowest BCUT2D eigenvalue weighted by Crippen LogP contribution is -2.42. The van der Waals surface area contributed by atoms with Gasteiger partial charge in [0.05, 0.1) is 35.5 Å². The van der Waals surface area contributed by atoms with E-state index in [0.29, 0.717) is 24.5 Å². The van der Waals surface area contributed by atoms with Gasteiger partial charge in [-0.3, -0.25) is 4.98 Å². The van der Waals surface area contributed by atoms with Gasteiger partial charge in [-0.2, -0.15) is 0 Å². The lowest BCUT2D eigenvalue weighted by Gasteiger charge is -2.25. The lowest BCUT2D eigenvalue weighted by atomic mass is 10.1. The number of anilines is 1. The highest BCUT2D eigenvalue weighted by Gasteiger charge is 2.27. The van der Waals surface area contributed by atoms with Crippen LogP contribution >= 0.6 is 11.3 Å². The SMILES string of the molecule is OCC1CCC(NC2=C(c3nc4cnccc4s3)CN=C(Nc3cncnc3)N2)C1. The molecule has 2 atom stereocenters. The van der Waals surface area contributed by atoms with Gasteiger partial charge in [0, 0.05) is 24.4 Å². The van der Waals surface area contributed by atoms with Crippen LogP contribution < -0.4 is 16.0 Å². The third kappa shape index (κ3) is 3.96. The average Bonchev–Trinajstić information content (AvgIpc) is 3.41. The van der Waals surface area contributed by atoms with E-state index in [4.69, 9.17) is 4.98 Å². The number of rotatable bonds is 5. The summed E-state index contributed by atoms with van der Waals surface area (Å²) in [7, 11) is 0. The molecule has 0 aromatic carbocycles. The van der Waals surface area contributed by atoms with E-state index in [2.05, 4.69) is 35.9 Å². The Hall–Kier alpha value is -3.11. The van der Waals surface area contributed by atoms with Gasteiger partial charge in [-0.05, 0) is 31.2 Å². The third-order valence-electron chi connectivity index (χ3n) is 5.36. The van der Waals surface area contributed by atoms with Crippen LogP contribution in [0, 0.1) is 5.92 Å². The van der Waals surface area contributed by atoms with Crippen LogP contribution in [0.4, 0.5) is 5.69 Å². The molecule has 0 radical (unpaired) electrons. The number of hydrogen-bond acceptors (Lipinski definition) is 10. The van der Waals surface area contributed by atoms with Crippen molar-refractivity contribution in [2.24, 2.45) is 10.9 Å². The molecule has 2 unspecified atom stereocenters. The van der Waals surface area contributed by atoms with Crippen LogP contribution in [0.5, 0.6) is 0 Å². The predicted octanol–water partition coefficient (Wildman–Crippen LogP) is 1.97. The van der Waals surface area contributed by atoms with Crippen LogP contribution in [-0.4, -0.2) is 50.2 Å². The van der Waals surface area contributed by atoms with Gasteiger partial charge in [-0.25, -0.2) is 19.9 Å². The highest BCUT2D eigenvalue weighted by molar-refractivity contribution is 7.19. The second kappa shape index (κ2) is 8.33. The summed E-state index contributed by atoms with van der Waals surface area (Å²) in [5.74, 6) is 1.90. The Labute approximate surface area is 177 Å². The number of thiazole rings is 1. The minimum absolute atomic E-state index is 0.241. The van der Waals surface area contributed by atoms with E-state index >= 15 is 0 Å². The standard InChI is InChI=1S/C20H22N8OS/c29-10-12-1-2-13(5-12)25-18-15(19-27-16-9-21-4-3-17(16)30-19)8-24-20(28-18)26-14-6-22-11-23-7-14/h3-4,6-7,9,11-13,25,29H,1-2,5,8,10H2,(H2,24,26,28). The van der Waals surface area contributed by atoms with E-state index in [1.165, 1.54) is 6.33 Å². The molecule has 0 saturated heterocycles. The topological polar surface area (TPSA) is 120 Å². The van der Waals surface area contributed by atoms with Crippen molar-refractivity contribution in [2.75, 3.05) is 18.5 Å². The number of nitrogens with one attached hydrogen (secondary N) is 3. The Morgan fingerprint density at radius 3 is 2.87 bits per heavy atom. The molecule has 3 aromatic rings. The largest absolute Gasteiger partial charge is 0.396 e. The molecule has 1 fully saturated rings. The quantitative estimate of drug-likeness (QED) is 0.493. The number of fused-ring (bicyclic) bond motifs is 1. The van der Waals surface area contributed by atoms with Crippen LogP contribution in [0.3, 0.4) is 0 Å². The number of aliphatic hydroxyl groups excluding tert-OH is 1. The molecular weight excluding hydrogens is 400 g/mol. The van der Waals surface area contributed by atoms with Crippen molar-refractivity contribution >= 4 is 38.8 Å². The number of nitrogens with zero attached hydrogens (tertiary/aromatic N) is 5. The van der Waals surface area contributed by atoms with Gasteiger partial charge in [0.15, 0.2) is 0 Å². The fraction of sp³-hybridized carbons (Fsp3) is 0.350. The van der Waals surface area contributed by atoms with Crippen LogP contribution in [0.15, 0.2) is 48.0 Å². The summed E-state index contributed by atoms with van der Waals surface area (Å²) >= 11 is 1.64. The zero-order valence-electron chi connectivity index (χ0n) is 16.2. The molecule has 4 heterocycles. The molecule has 0 bridgehead atoms. The number of aliphatic imine (C=N–C) groups is 1. The summed E-state index contributed by atoms with van der Waals surface area (Å²) in [5.41, 5.74) is 2.68. The number of hydrogen-bond donors (Lipinski definition) is 4. The molecule has 9 nitrogen and oxygen atoms in total. The van der Waals surface area contributed by atoms with Crippen LogP contribution in [0.1, 0.15) is 24.3 Å². The Bertz CT molecular complexity index is 1060. The van der Waals surface area contributed by atoms with E-state index in [9.17, 15) is 5.11 Å². The van der Waals surface area contributed by atoms with Crippen LogP contribution in [0.25, 0.3) is 15.8 Å².